The first kappa shape index (κ1) is 30.8. The number of ether oxygens (including phenoxy) is 1. The number of alkyl halides is 1. The van der Waals surface area contributed by atoms with E-state index in [4.69, 9.17) is 9.72 Å². The van der Waals surface area contributed by atoms with E-state index in [1.165, 1.54) is 121 Å². The van der Waals surface area contributed by atoms with Crippen LogP contribution in [0.4, 0.5) is 0 Å². The van der Waals surface area contributed by atoms with Gasteiger partial charge < -0.3 is 4.74 Å². The van der Waals surface area contributed by atoms with E-state index < -0.39 is 0 Å². The Kier molecular flexibility index (Phi) is 16.1. The fourth-order valence-corrected chi connectivity index (χ4v) is 5.47. The lowest BCUT2D eigenvalue weighted by atomic mass is 9.96. The zero-order valence-electron chi connectivity index (χ0n) is 23.3. The molecule has 4 heteroatoms. The summed E-state index contributed by atoms with van der Waals surface area (Å²) in [7, 11) is 0. The van der Waals surface area contributed by atoms with Crippen molar-refractivity contribution in [3.63, 3.8) is 0 Å². The van der Waals surface area contributed by atoms with Crippen molar-refractivity contribution in [3.8, 4) is 5.75 Å². The van der Waals surface area contributed by atoms with Crippen LogP contribution in [0.25, 0.3) is 10.9 Å². The van der Waals surface area contributed by atoms with Gasteiger partial charge >= 0.3 is 5.97 Å². The number of benzene rings is 1. The van der Waals surface area contributed by atoms with Crippen LogP contribution in [-0.4, -0.2) is 11.0 Å². The van der Waals surface area contributed by atoms with Gasteiger partial charge in [0.15, 0.2) is 5.75 Å². The summed E-state index contributed by atoms with van der Waals surface area (Å²) < 4.78 is 5.66. The van der Waals surface area contributed by atoms with Crippen LogP contribution in [0, 0.1) is 0 Å². The van der Waals surface area contributed by atoms with Crippen molar-refractivity contribution in [3.05, 3.63) is 35.0 Å². The Morgan fingerprint density at radius 3 is 1.81 bits per heavy atom. The minimum atomic E-state index is -0.292. The molecule has 1 aromatic heterocycles. The summed E-state index contributed by atoms with van der Waals surface area (Å²) in [6.45, 7) is 6.01. The van der Waals surface area contributed by atoms with Crippen LogP contribution < -0.4 is 4.74 Å². The van der Waals surface area contributed by atoms with E-state index in [9.17, 15) is 4.79 Å². The minimum absolute atomic E-state index is 0.292. The molecule has 0 amide bonds. The summed E-state index contributed by atoms with van der Waals surface area (Å²) in [6.07, 6.45) is 25.3. The van der Waals surface area contributed by atoms with Gasteiger partial charge in [0.25, 0.3) is 0 Å². The van der Waals surface area contributed by atoms with Crippen molar-refractivity contribution in [2.24, 2.45) is 0 Å². The van der Waals surface area contributed by atoms with Crippen LogP contribution in [0.15, 0.2) is 18.3 Å². The van der Waals surface area contributed by atoms with Gasteiger partial charge in [0.1, 0.15) is 5.52 Å². The molecular weight excluding hydrogens is 510 g/mol. The highest BCUT2D eigenvalue weighted by molar-refractivity contribution is 9.08. The molecule has 0 aliphatic rings. The molecule has 0 fully saturated rings. The second-order valence-electron chi connectivity index (χ2n) is 10.4. The summed E-state index contributed by atoms with van der Waals surface area (Å²) >= 11 is 3.61. The van der Waals surface area contributed by atoms with Crippen LogP contribution in [0.2, 0.25) is 0 Å². The van der Waals surface area contributed by atoms with Crippen molar-refractivity contribution in [1.29, 1.82) is 0 Å². The largest absolute Gasteiger partial charge is 0.424 e. The van der Waals surface area contributed by atoms with E-state index in [0.717, 1.165) is 29.3 Å². The Hall–Kier alpha value is -1.42. The molecule has 0 unspecified atom stereocenters. The Bertz CT molecular complexity index is 895. The second-order valence-corrected chi connectivity index (χ2v) is 11.0. The third-order valence-corrected chi connectivity index (χ3v) is 7.76. The highest BCUT2D eigenvalue weighted by Crippen LogP contribution is 2.34. The average molecular weight is 561 g/mol. The fourth-order valence-electron chi connectivity index (χ4n) is 5.05. The number of aryl methyl sites for hydroxylation is 2. The number of carbonyl (C=O) groups is 1. The Morgan fingerprint density at radius 1 is 0.750 bits per heavy atom. The van der Waals surface area contributed by atoms with Crippen LogP contribution in [-0.2, 0) is 23.0 Å². The van der Waals surface area contributed by atoms with Crippen LogP contribution in [0.3, 0.4) is 0 Å². The first-order valence-electron chi connectivity index (χ1n) is 14.8. The molecule has 0 spiro atoms. The molecule has 0 bridgehead atoms. The monoisotopic (exact) mass is 559 g/mol. The van der Waals surface area contributed by atoms with Gasteiger partial charge in [0.2, 0.25) is 0 Å². The lowest BCUT2D eigenvalue weighted by Gasteiger charge is -2.15. The third kappa shape index (κ3) is 11.3. The number of fused-ring (bicyclic) bond motifs is 1. The topological polar surface area (TPSA) is 39.2 Å². The van der Waals surface area contributed by atoms with E-state index in [0.29, 0.717) is 11.1 Å². The Morgan fingerprint density at radius 2 is 1.28 bits per heavy atom. The average Bonchev–Trinajstić information content (AvgIpc) is 2.87. The summed E-state index contributed by atoms with van der Waals surface area (Å²) in [5.41, 5.74) is 4.48. The van der Waals surface area contributed by atoms with E-state index in [1.807, 2.05) is 6.20 Å². The Balaban J connectivity index is 2.05. The van der Waals surface area contributed by atoms with E-state index in [-0.39, 0.29) is 5.97 Å². The normalized spacial score (nSPS) is 11.3. The van der Waals surface area contributed by atoms with Gasteiger partial charge in [-0.2, -0.15) is 0 Å². The maximum absolute atomic E-state index is 11.8. The highest BCUT2D eigenvalue weighted by Gasteiger charge is 2.16. The van der Waals surface area contributed by atoms with E-state index >= 15 is 0 Å². The summed E-state index contributed by atoms with van der Waals surface area (Å²) in [4.78, 5) is 16.7. The smallest absolute Gasteiger partial charge is 0.308 e. The van der Waals surface area contributed by atoms with Gasteiger partial charge in [-0.25, -0.2) is 0 Å². The number of halogens is 1. The molecule has 1 heterocycles. The minimum Gasteiger partial charge on any atom is -0.424 e. The molecule has 0 aliphatic carbocycles. The van der Waals surface area contributed by atoms with Gasteiger partial charge in [0.05, 0.1) is 0 Å². The molecule has 0 radical (unpaired) electrons. The molecule has 0 saturated carbocycles. The van der Waals surface area contributed by atoms with E-state index in [2.05, 4.69) is 41.9 Å². The van der Waals surface area contributed by atoms with Crippen LogP contribution >= 0.6 is 15.9 Å². The number of esters is 1. The third-order valence-electron chi connectivity index (χ3n) is 7.15. The molecule has 0 N–H and O–H groups in total. The zero-order chi connectivity index (χ0) is 26.0. The SMILES string of the molecule is CCCCCCCCCCc1cnc2c(OC(C)=O)c(CBr)cc(CCCCCCCCCC)c2c1. The zero-order valence-corrected chi connectivity index (χ0v) is 24.9. The molecule has 0 saturated heterocycles. The predicted octanol–water partition coefficient (Wildman–Crippen LogP) is 10.4. The van der Waals surface area contributed by atoms with Crippen molar-refractivity contribution in [2.45, 2.75) is 142 Å². The number of hydrogen-bond donors (Lipinski definition) is 0. The number of aromatic nitrogens is 1. The van der Waals surface area contributed by atoms with Gasteiger partial charge in [-0.05, 0) is 42.9 Å². The quantitative estimate of drug-likeness (QED) is 0.0700. The number of hydrogen-bond acceptors (Lipinski definition) is 3. The predicted molar refractivity (Wildman–Crippen MR) is 158 cm³/mol. The standard InChI is InChI=1S/C32H50BrNO2/c1-4-6-8-10-12-14-16-18-20-27-22-30-28(21-19-17-15-13-11-9-7-5-2)23-29(24-33)32(36-26(3)35)31(30)34-25-27/h22-23,25H,4-21,24H2,1-3H3. The van der Waals surface area contributed by atoms with Crippen LogP contribution in [0.1, 0.15) is 140 Å². The summed E-state index contributed by atoms with van der Waals surface area (Å²) in [6, 6.07) is 4.55. The van der Waals surface area contributed by atoms with Gasteiger partial charge in [-0.3, -0.25) is 9.78 Å². The Labute approximate surface area is 229 Å². The molecule has 2 rings (SSSR count). The van der Waals surface area contributed by atoms with E-state index in [1.54, 1.807) is 0 Å². The maximum atomic E-state index is 11.8. The fraction of sp³-hybridized carbons (Fsp3) is 0.688. The van der Waals surface area contributed by atoms with Gasteiger partial charge in [-0.1, -0.05) is 126 Å². The summed E-state index contributed by atoms with van der Waals surface area (Å²) in [5.74, 6) is 0.326. The number of nitrogens with zero attached hydrogens (tertiary/aromatic N) is 1. The van der Waals surface area contributed by atoms with Gasteiger partial charge in [0, 0.05) is 29.4 Å². The first-order chi connectivity index (χ1) is 17.6. The first-order valence-corrected chi connectivity index (χ1v) is 15.9. The van der Waals surface area contributed by atoms with Crippen molar-refractivity contribution < 1.29 is 9.53 Å². The molecule has 202 valence electrons. The molecule has 0 aliphatic heterocycles. The van der Waals surface area contributed by atoms with Crippen LogP contribution in [0.5, 0.6) is 5.75 Å². The lowest BCUT2D eigenvalue weighted by molar-refractivity contribution is -0.131. The highest BCUT2D eigenvalue weighted by atomic mass is 79.9. The molecule has 2 aromatic rings. The van der Waals surface area contributed by atoms with Crippen molar-refractivity contribution in [2.75, 3.05) is 0 Å². The number of pyridine rings is 1. The number of unbranched alkanes of at least 4 members (excludes halogenated alkanes) is 14. The molecular formula is C32H50BrNO2. The second kappa shape index (κ2) is 18.8. The molecule has 0 atom stereocenters. The maximum Gasteiger partial charge on any atom is 0.308 e. The molecule has 3 nitrogen and oxygen atoms in total. The molecule has 1 aromatic carbocycles. The van der Waals surface area contributed by atoms with Crippen molar-refractivity contribution >= 4 is 32.8 Å². The van der Waals surface area contributed by atoms with Gasteiger partial charge in [-0.15, -0.1) is 0 Å². The number of rotatable bonds is 20. The number of carbonyl (C=O) groups excluding carboxylic acids is 1. The summed E-state index contributed by atoms with van der Waals surface area (Å²) in [5, 5.41) is 1.81. The molecule has 36 heavy (non-hydrogen) atoms. The van der Waals surface area contributed by atoms with Crippen molar-refractivity contribution in [1.82, 2.24) is 4.98 Å². The lowest BCUT2D eigenvalue weighted by Crippen LogP contribution is -2.06.